The van der Waals surface area contributed by atoms with Crippen LogP contribution in [0.1, 0.15) is 45.1 Å². The number of nitrogens with one attached hydrogen (secondary N) is 2. The van der Waals surface area contributed by atoms with Gasteiger partial charge < -0.3 is 20.3 Å². The van der Waals surface area contributed by atoms with E-state index in [0.29, 0.717) is 0 Å². The lowest BCUT2D eigenvalue weighted by atomic mass is 9.76. The van der Waals surface area contributed by atoms with E-state index in [2.05, 4.69) is 78.8 Å². The van der Waals surface area contributed by atoms with Crippen molar-refractivity contribution < 1.29 is 4.74 Å². The average molecular weight is 502 g/mol. The molecule has 1 aromatic carbocycles. The Labute approximate surface area is 188 Å². The van der Waals surface area contributed by atoms with E-state index in [1.54, 1.807) is 0 Å². The van der Waals surface area contributed by atoms with Crippen molar-refractivity contribution in [3.05, 3.63) is 35.9 Å². The average Bonchev–Trinajstić information content (AvgIpc) is 2.72. The van der Waals surface area contributed by atoms with Crippen LogP contribution in [-0.4, -0.2) is 63.8 Å². The molecule has 0 spiro atoms. The maximum absolute atomic E-state index is 5.58. The standard InChI is InChI=1S/C22H38N4O.HI/c1-6-21(7-2,19-11-9-8-10-12-19)17-24-20(23-3)25-18-22(26(4)5)13-15-27-16-14-22;/h8-12H,6-7,13-18H2,1-5H3,(H2,23,24,25);1H. The van der Waals surface area contributed by atoms with Gasteiger partial charge in [-0.25, -0.2) is 0 Å². The molecule has 6 heteroatoms. The topological polar surface area (TPSA) is 48.9 Å². The third-order valence-corrected chi connectivity index (χ3v) is 6.51. The lowest BCUT2D eigenvalue weighted by Gasteiger charge is -2.43. The van der Waals surface area contributed by atoms with Gasteiger partial charge in [-0.15, -0.1) is 24.0 Å². The molecule has 1 fully saturated rings. The van der Waals surface area contributed by atoms with Crippen LogP contribution in [0.2, 0.25) is 0 Å². The van der Waals surface area contributed by atoms with Crippen molar-refractivity contribution in [2.24, 2.45) is 4.99 Å². The second-order valence-corrected chi connectivity index (χ2v) is 7.86. The van der Waals surface area contributed by atoms with Crippen molar-refractivity contribution in [2.75, 3.05) is 47.4 Å². The molecule has 1 aromatic rings. The van der Waals surface area contributed by atoms with Gasteiger partial charge in [0.25, 0.3) is 0 Å². The maximum atomic E-state index is 5.58. The summed E-state index contributed by atoms with van der Waals surface area (Å²) >= 11 is 0. The molecule has 1 aliphatic heterocycles. The minimum atomic E-state index is 0. The zero-order valence-corrected chi connectivity index (χ0v) is 20.6. The molecule has 28 heavy (non-hydrogen) atoms. The Bertz CT molecular complexity index is 581. The molecule has 0 saturated carbocycles. The Hall–Kier alpha value is -0.860. The summed E-state index contributed by atoms with van der Waals surface area (Å²) in [5, 5.41) is 7.17. The molecule has 5 nitrogen and oxygen atoms in total. The van der Waals surface area contributed by atoms with Gasteiger partial charge in [-0.05, 0) is 45.3 Å². The lowest BCUT2D eigenvalue weighted by Crippen LogP contribution is -2.57. The predicted octanol–water partition coefficient (Wildman–Crippen LogP) is 3.64. The fourth-order valence-electron chi connectivity index (χ4n) is 4.06. The zero-order valence-electron chi connectivity index (χ0n) is 18.3. The van der Waals surface area contributed by atoms with Crippen molar-refractivity contribution in [2.45, 2.75) is 50.5 Å². The van der Waals surface area contributed by atoms with Crippen LogP contribution in [0.25, 0.3) is 0 Å². The number of guanidine groups is 1. The first-order valence-electron chi connectivity index (χ1n) is 10.3. The lowest BCUT2D eigenvalue weighted by molar-refractivity contribution is -0.00501. The molecular formula is C22H39IN4O. The van der Waals surface area contributed by atoms with Gasteiger partial charge in [0, 0.05) is 44.3 Å². The number of nitrogens with zero attached hydrogens (tertiary/aromatic N) is 2. The van der Waals surface area contributed by atoms with Crippen LogP contribution in [0.5, 0.6) is 0 Å². The number of rotatable bonds is 8. The summed E-state index contributed by atoms with van der Waals surface area (Å²) in [5.41, 5.74) is 1.64. The van der Waals surface area contributed by atoms with Gasteiger partial charge in [0.05, 0.1) is 0 Å². The Morgan fingerprint density at radius 1 is 1.11 bits per heavy atom. The molecule has 160 valence electrons. The van der Waals surface area contributed by atoms with Crippen molar-refractivity contribution in [1.82, 2.24) is 15.5 Å². The highest BCUT2D eigenvalue weighted by Gasteiger charge is 2.35. The molecule has 0 unspecified atom stereocenters. The highest BCUT2D eigenvalue weighted by molar-refractivity contribution is 14.0. The molecule has 1 saturated heterocycles. The second kappa shape index (κ2) is 12.0. The number of halogens is 1. The highest BCUT2D eigenvalue weighted by Crippen LogP contribution is 2.31. The Balaban J connectivity index is 0.00000392. The van der Waals surface area contributed by atoms with Gasteiger partial charge in [-0.3, -0.25) is 4.99 Å². The summed E-state index contributed by atoms with van der Waals surface area (Å²) < 4.78 is 5.58. The summed E-state index contributed by atoms with van der Waals surface area (Å²) in [6.45, 7) is 7.96. The maximum Gasteiger partial charge on any atom is 0.191 e. The molecule has 1 heterocycles. The van der Waals surface area contributed by atoms with Crippen LogP contribution >= 0.6 is 24.0 Å². The van der Waals surface area contributed by atoms with E-state index in [1.807, 2.05) is 7.05 Å². The van der Waals surface area contributed by atoms with Crippen LogP contribution in [0.4, 0.5) is 0 Å². The zero-order chi connectivity index (χ0) is 19.8. The molecule has 2 rings (SSSR count). The Morgan fingerprint density at radius 2 is 1.71 bits per heavy atom. The van der Waals surface area contributed by atoms with E-state index < -0.39 is 0 Å². The quantitative estimate of drug-likeness (QED) is 0.324. The highest BCUT2D eigenvalue weighted by atomic mass is 127. The van der Waals surface area contributed by atoms with Crippen LogP contribution in [0.3, 0.4) is 0 Å². The molecular weight excluding hydrogens is 463 g/mol. The van der Waals surface area contributed by atoms with Crippen molar-refractivity contribution in [3.8, 4) is 0 Å². The van der Waals surface area contributed by atoms with Crippen LogP contribution in [0.15, 0.2) is 35.3 Å². The van der Waals surface area contributed by atoms with E-state index in [4.69, 9.17) is 4.74 Å². The fraction of sp³-hybridized carbons (Fsp3) is 0.682. The van der Waals surface area contributed by atoms with Crippen LogP contribution in [-0.2, 0) is 10.2 Å². The van der Waals surface area contributed by atoms with E-state index in [9.17, 15) is 0 Å². The number of ether oxygens (including phenoxy) is 1. The number of benzene rings is 1. The van der Waals surface area contributed by atoms with E-state index >= 15 is 0 Å². The molecule has 1 aliphatic rings. The third-order valence-electron chi connectivity index (χ3n) is 6.51. The van der Waals surface area contributed by atoms with Crippen molar-refractivity contribution in [3.63, 3.8) is 0 Å². The molecule has 0 radical (unpaired) electrons. The third kappa shape index (κ3) is 6.07. The number of aliphatic imine (C=N–C) groups is 1. The summed E-state index contributed by atoms with van der Waals surface area (Å²) in [5.74, 6) is 0.880. The fourth-order valence-corrected chi connectivity index (χ4v) is 4.06. The Morgan fingerprint density at radius 3 is 2.21 bits per heavy atom. The summed E-state index contributed by atoms with van der Waals surface area (Å²) in [4.78, 5) is 6.81. The van der Waals surface area contributed by atoms with E-state index in [0.717, 1.165) is 57.9 Å². The van der Waals surface area contributed by atoms with Gasteiger partial charge in [-0.1, -0.05) is 44.2 Å². The first-order valence-corrected chi connectivity index (χ1v) is 10.3. The van der Waals surface area contributed by atoms with Crippen LogP contribution in [0, 0.1) is 0 Å². The van der Waals surface area contributed by atoms with Gasteiger partial charge in [0.1, 0.15) is 0 Å². The predicted molar refractivity (Wildman–Crippen MR) is 130 cm³/mol. The van der Waals surface area contributed by atoms with Gasteiger partial charge in [0.15, 0.2) is 5.96 Å². The first-order chi connectivity index (χ1) is 13.0. The molecule has 0 aliphatic carbocycles. The van der Waals surface area contributed by atoms with Gasteiger partial charge in [-0.2, -0.15) is 0 Å². The van der Waals surface area contributed by atoms with Crippen molar-refractivity contribution in [1.29, 1.82) is 0 Å². The monoisotopic (exact) mass is 502 g/mol. The molecule has 0 atom stereocenters. The second-order valence-electron chi connectivity index (χ2n) is 7.86. The SMILES string of the molecule is CCC(CC)(CNC(=NC)NCC1(N(C)C)CCOCC1)c1ccccc1.I. The molecule has 2 N–H and O–H groups in total. The van der Waals surface area contributed by atoms with Crippen LogP contribution < -0.4 is 10.6 Å². The number of hydrogen-bond acceptors (Lipinski definition) is 3. The smallest absolute Gasteiger partial charge is 0.191 e. The largest absolute Gasteiger partial charge is 0.381 e. The van der Waals surface area contributed by atoms with E-state index in [-0.39, 0.29) is 34.9 Å². The normalized spacial score (nSPS) is 17.1. The first kappa shape index (κ1) is 25.2. The Kier molecular flexibility index (Phi) is 10.8. The number of hydrogen-bond donors (Lipinski definition) is 2. The van der Waals surface area contributed by atoms with Gasteiger partial charge >= 0.3 is 0 Å². The van der Waals surface area contributed by atoms with Crippen molar-refractivity contribution >= 4 is 29.9 Å². The summed E-state index contributed by atoms with van der Waals surface area (Å²) in [7, 11) is 6.18. The molecule has 0 amide bonds. The summed E-state index contributed by atoms with van der Waals surface area (Å²) in [6, 6.07) is 10.8. The van der Waals surface area contributed by atoms with E-state index in [1.165, 1.54) is 5.56 Å². The number of likely N-dealkylation sites (N-methyl/N-ethyl adjacent to an activating group) is 1. The summed E-state index contributed by atoms with van der Waals surface area (Å²) in [6.07, 6.45) is 4.27. The minimum absolute atomic E-state index is 0. The van der Waals surface area contributed by atoms with Gasteiger partial charge in [0.2, 0.25) is 0 Å². The minimum Gasteiger partial charge on any atom is -0.381 e. The molecule has 0 bridgehead atoms. The molecule has 0 aromatic heterocycles.